The lowest BCUT2D eigenvalue weighted by molar-refractivity contribution is -0.138. The van der Waals surface area contributed by atoms with Gasteiger partial charge in [0.05, 0.1) is 12.7 Å². The maximum atomic E-state index is 14.1. The van der Waals surface area contributed by atoms with E-state index in [1.165, 1.54) is 24.1 Å². The van der Waals surface area contributed by atoms with Crippen LogP contribution in [0.2, 0.25) is 0 Å². The Hall–Kier alpha value is -3.62. The average molecular weight is 433 g/mol. The Morgan fingerprint density at radius 1 is 1.19 bits per heavy atom. The number of pyridine rings is 1. The van der Waals surface area contributed by atoms with Crippen LogP contribution in [0.1, 0.15) is 12.6 Å². The second-order valence-electron chi connectivity index (χ2n) is 6.98. The van der Waals surface area contributed by atoms with Gasteiger partial charge in [-0.05, 0) is 53.9 Å². The van der Waals surface area contributed by atoms with Gasteiger partial charge < -0.3 is 10.1 Å². The molecule has 31 heavy (non-hydrogen) atoms. The molecule has 0 atom stereocenters. The number of hydrogen-bond acceptors (Lipinski definition) is 3. The van der Waals surface area contributed by atoms with Gasteiger partial charge in [-0.25, -0.2) is 9.18 Å². The SMILES string of the molecule is COc1cc2c(cc1C(F)(F)F)N(C(=O)Nc1cc(F)cc(-c3cccnc3)c1)CC2.[HH]. The summed E-state index contributed by atoms with van der Waals surface area (Å²) in [6.45, 7) is 0.191. The van der Waals surface area contributed by atoms with Crippen LogP contribution in [0.5, 0.6) is 5.75 Å². The number of nitrogens with zero attached hydrogens (tertiary/aromatic N) is 2. The Morgan fingerprint density at radius 2 is 2.00 bits per heavy atom. The molecule has 1 aliphatic rings. The van der Waals surface area contributed by atoms with E-state index in [9.17, 15) is 22.4 Å². The molecule has 0 fully saturated rings. The Labute approximate surface area is 176 Å². The van der Waals surface area contributed by atoms with Crippen LogP contribution in [0.4, 0.5) is 33.7 Å². The number of aromatic nitrogens is 1. The molecule has 0 saturated carbocycles. The molecule has 0 bridgehead atoms. The van der Waals surface area contributed by atoms with E-state index in [2.05, 4.69) is 10.3 Å². The zero-order valence-corrected chi connectivity index (χ0v) is 16.3. The summed E-state index contributed by atoms with van der Waals surface area (Å²) in [5.41, 5.74) is 1.10. The second kappa shape index (κ2) is 7.90. The van der Waals surface area contributed by atoms with Crippen LogP contribution in [-0.4, -0.2) is 24.7 Å². The van der Waals surface area contributed by atoms with E-state index in [4.69, 9.17) is 4.74 Å². The third-order valence-corrected chi connectivity index (χ3v) is 4.99. The summed E-state index contributed by atoms with van der Waals surface area (Å²) in [6.07, 6.45) is -1.11. The standard InChI is InChI=1S/C22H17F4N3O2.H2/c1-31-20-9-13-4-6-29(19(13)11-18(20)22(24,25)26)21(30)28-17-8-15(7-16(23)10-17)14-3-2-5-27-12-14;/h2-3,5,7-12H,4,6H2,1H3,(H,28,30);1H. The van der Waals surface area contributed by atoms with E-state index in [1.54, 1.807) is 30.6 Å². The number of ether oxygens (including phenoxy) is 1. The normalized spacial score (nSPS) is 13.1. The molecular weight excluding hydrogens is 414 g/mol. The van der Waals surface area contributed by atoms with Gasteiger partial charge >= 0.3 is 12.2 Å². The molecule has 5 nitrogen and oxygen atoms in total. The van der Waals surface area contributed by atoms with Crippen LogP contribution in [0.3, 0.4) is 0 Å². The topological polar surface area (TPSA) is 54.5 Å². The summed E-state index contributed by atoms with van der Waals surface area (Å²) < 4.78 is 59.1. The highest BCUT2D eigenvalue weighted by Gasteiger charge is 2.37. The van der Waals surface area contributed by atoms with Gasteiger partial charge in [0.1, 0.15) is 11.6 Å². The summed E-state index contributed by atoms with van der Waals surface area (Å²) in [5.74, 6) is -0.859. The molecule has 0 radical (unpaired) electrons. The molecule has 0 aliphatic carbocycles. The largest absolute Gasteiger partial charge is 0.496 e. The van der Waals surface area contributed by atoms with Crippen molar-refractivity contribution >= 4 is 17.4 Å². The number of nitrogens with one attached hydrogen (secondary N) is 1. The maximum Gasteiger partial charge on any atom is 0.420 e. The minimum absolute atomic E-state index is 0. The first-order valence-corrected chi connectivity index (χ1v) is 9.34. The fourth-order valence-electron chi connectivity index (χ4n) is 3.57. The molecule has 3 aromatic rings. The van der Waals surface area contributed by atoms with Crippen LogP contribution in [0.25, 0.3) is 11.1 Å². The van der Waals surface area contributed by atoms with Gasteiger partial charge in [0.25, 0.3) is 0 Å². The van der Waals surface area contributed by atoms with E-state index in [-0.39, 0.29) is 25.1 Å². The molecule has 9 heteroatoms. The summed E-state index contributed by atoms with van der Waals surface area (Å²) in [7, 11) is 1.17. The van der Waals surface area contributed by atoms with Gasteiger partial charge in [-0.15, -0.1) is 0 Å². The van der Waals surface area contributed by atoms with Gasteiger partial charge in [0, 0.05) is 37.3 Å². The number of urea groups is 1. The number of anilines is 2. The third-order valence-electron chi connectivity index (χ3n) is 4.99. The van der Waals surface area contributed by atoms with Crippen molar-refractivity contribution in [1.29, 1.82) is 0 Å². The van der Waals surface area contributed by atoms with Crippen LogP contribution in [0.15, 0.2) is 54.9 Å². The van der Waals surface area contributed by atoms with E-state index >= 15 is 0 Å². The van der Waals surface area contributed by atoms with Gasteiger partial charge in [0.15, 0.2) is 0 Å². The fourth-order valence-corrected chi connectivity index (χ4v) is 3.57. The number of rotatable bonds is 3. The zero-order chi connectivity index (χ0) is 22.2. The number of alkyl halides is 3. The van der Waals surface area contributed by atoms with Gasteiger partial charge in [-0.3, -0.25) is 9.88 Å². The maximum absolute atomic E-state index is 14.1. The molecule has 1 aromatic heterocycles. The van der Waals surface area contributed by atoms with Gasteiger partial charge in [-0.2, -0.15) is 13.2 Å². The Morgan fingerprint density at radius 3 is 2.68 bits per heavy atom. The highest BCUT2D eigenvalue weighted by Crippen LogP contribution is 2.42. The molecule has 2 amide bonds. The Balaban J connectivity index is 0.00000289. The minimum Gasteiger partial charge on any atom is -0.496 e. The third kappa shape index (κ3) is 4.16. The quantitative estimate of drug-likeness (QED) is 0.535. The summed E-state index contributed by atoms with van der Waals surface area (Å²) in [4.78, 5) is 18.0. The molecule has 2 heterocycles. The van der Waals surface area contributed by atoms with E-state index < -0.39 is 23.6 Å². The highest BCUT2D eigenvalue weighted by molar-refractivity contribution is 6.03. The van der Waals surface area contributed by atoms with Crippen molar-refractivity contribution in [2.24, 2.45) is 0 Å². The number of fused-ring (bicyclic) bond motifs is 1. The lowest BCUT2D eigenvalue weighted by Crippen LogP contribution is -2.33. The minimum atomic E-state index is -4.63. The summed E-state index contributed by atoms with van der Waals surface area (Å²) in [5, 5.41) is 2.58. The molecule has 1 aliphatic heterocycles. The Bertz CT molecular complexity index is 1140. The molecular formula is C22H19F4N3O2. The van der Waals surface area contributed by atoms with E-state index in [0.29, 0.717) is 23.1 Å². The number of methoxy groups -OCH3 is 1. The predicted octanol–water partition coefficient (Wildman–Crippen LogP) is 5.76. The zero-order valence-electron chi connectivity index (χ0n) is 16.3. The smallest absolute Gasteiger partial charge is 0.420 e. The first-order valence-electron chi connectivity index (χ1n) is 9.34. The van der Waals surface area contributed by atoms with Crippen molar-refractivity contribution < 1.29 is 28.5 Å². The van der Waals surface area contributed by atoms with Crippen molar-refractivity contribution in [2.45, 2.75) is 12.6 Å². The van der Waals surface area contributed by atoms with Crippen molar-refractivity contribution in [3.8, 4) is 16.9 Å². The van der Waals surface area contributed by atoms with Crippen LogP contribution < -0.4 is 15.0 Å². The molecule has 2 aromatic carbocycles. The number of benzene rings is 2. The van der Waals surface area contributed by atoms with Gasteiger partial charge in [0.2, 0.25) is 0 Å². The van der Waals surface area contributed by atoms with E-state index in [0.717, 1.165) is 12.1 Å². The fraction of sp³-hybridized carbons (Fsp3) is 0.182. The Kier molecular flexibility index (Phi) is 5.26. The van der Waals surface area contributed by atoms with Crippen molar-refractivity contribution in [1.82, 2.24) is 4.98 Å². The number of halogens is 4. The average Bonchev–Trinajstić information content (AvgIpc) is 3.15. The molecule has 0 saturated heterocycles. The predicted molar refractivity (Wildman–Crippen MR) is 110 cm³/mol. The molecule has 0 unspecified atom stereocenters. The second-order valence-corrected chi connectivity index (χ2v) is 6.98. The van der Waals surface area contributed by atoms with Crippen LogP contribution in [0, 0.1) is 5.82 Å². The van der Waals surface area contributed by atoms with Gasteiger partial charge in [-0.1, -0.05) is 6.07 Å². The number of amides is 2. The number of carbonyl (C=O) groups excluding carboxylic acids is 1. The number of hydrogen-bond donors (Lipinski definition) is 1. The van der Waals surface area contributed by atoms with Crippen molar-refractivity contribution in [3.05, 3.63) is 71.8 Å². The van der Waals surface area contributed by atoms with Crippen molar-refractivity contribution in [2.75, 3.05) is 23.9 Å². The molecule has 4 rings (SSSR count). The first-order chi connectivity index (χ1) is 14.8. The molecule has 162 valence electrons. The number of carbonyl (C=O) groups is 1. The summed E-state index contributed by atoms with van der Waals surface area (Å²) >= 11 is 0. The molecule has 1 N–H and O–H groups in total. The monoisotopic (exact) mass is 433 g/mol. The summed E-state index contributed by atoms with van der Waals surface area (Å²) in [6, 6.07) is 9.03. The van der Waals surface area contributed by atoms with Crippen molar-refractivity contribution in [3.63, 3.8) is 0 Å². The highest BCUT2D eigenvalue weighted by atomic mass is 19.4. The first kappa shape index (κ1) is 20.6. The molecule has 0 spiro atoms. The van der Waals surface area contributed by atoms with Crippen LogP contribution >= 0.6 is 0 Å². The lowest BCUT2D eigenvalue weighted by Gasteiger charge is -2.20. The lowest BCUT2D eigenvalue weighted by atomic mass is 10.1. The van der Waals surface area contributed by atoms with Crippen LogP contribution in [-0.2, 0) is 12.6 Å². The van der Waals surface area contributed by atoms with E-state index in [1.807, 2.05) is 0 Å².